The molecule has 0 spiro atoms. The van der Waals surface area contributed by atoms with Crippen LogP contribution in [0.25, 0.3) is 11.2 Å². The number of ether oxygens (including phenoxy) is 1. The molecule has 3 heterocycles. The molecule has 3 aromatic rings. The summed E-state index contributed by atoms with van der Waals surface area (Å²) >= 11 is 0. The fourth-order valence-electron chi connectivity index (χ4n) is 3.58. The molecule has 180 valence electrons. The summed E-state index contributed by atoms with van der Waals surface area (Å²) in [5, 5.41) is 7.24. The summed E-state index contributed by atoms with van der Waals surface area (Å²) in [5.74, 6) is 0.702. The maximum absolute atomic E-state index is 5.45. The number of fused-ring (bicyclic) bond motifs is 1. The highest BCUT2D eigenvalue weighted by atomic mass is 16.5. The number of rotatable bonds is 7. The molecule has 0 aliphatic carbocycles. The van der Waals surface area contributed by atoms with Crippen LogP contribution >= 0.6 is 0 Å². The third-order valence-corrected chi connectivity index (χ3v) is 5.38. The lowest BCUT2D eigenvalue weighted by atomic mass is 10.1. The summed E-state index contributed by atoms with van der Waals surface area (Å²) < 4.78 is 7.42. The summed E-state index contributed by atoms with van der Waals surface area (Å²) in [6, 6.07) is 8.39. The van der Waals surface area contributed by atoms with Crippen molar-refractivity contribution in [2.45, 2.75) is 34.6 Å². The quantitative estimate of drug-likeness (QED) is 0.285. The van der Waals surface area contributed by atoms with Crippen LogP contribution in [0.5, 0.6) is 0 Å². The van der Waals surface area contributed by atoms with Crippen molar-refractivity contribution in [1.82, 2.24) is 19.8 Å². The Morgan fingerprint density at radius 1 is 1.12 bits per heavy atom. The molecule has 34 heavy (non-hydrogen) atoms. The van der Waals surface area contributed by atoms with Crippen LogP contribution < -0.4 is 15.6 Å². The van der Waals surface area contributed by atoms with E-state index >= 15 is 0 Å². The number of imidazole rings is 1. The summed E-state index contributed by atoms with van der Waals surface area (Å²) in [6.45, 7) is 17.0. The summed E-state index contributed by atoms with van der Waals surface area (Å²) in [7, 11) is 0. The second-order valence-electron chi connectivity index (χ2n) is 7.92. The van der Waals surface area contributed by atoms with Crippen molar-refractivity contribution < 1.29 is 4.74 Å². The van der Waals surface area contributed by atoms with Crippen LogP contribution in [0, 0.1) is 0 Å². The van der Waals surface area contributed by atoms with Gasteiger partial charge in [0.15, 0.2) is 11.5 Å². The molecule has 1 aliphatic rings. The molecule has 0 bridgehead atoms. The standard InChI is InChI=1S/C24H29N7O.C2H6/c1-17(2)21(29-25-4)15-18(3)22-16-31-10-9-26-24(31)23(28-22)27-19-5-7-20(8-6-19)30-11-13-32-14-12-30;1-2/h5-10,15-16,29H,4,11-14H2,1-3H3,(H,27,28);1-2H3/b18-15+;. The van der Waals surface area contributed by atoms with Gasteiger partial charge in [-0.1, -0.05) is 19.4 Å². The molecule has 2 aromatic heterocycles. The Balaban J connectivity index is 0.00000158. The van der Waals surface area contributed by atoms with Crippen molar-refractivity contribution in [1.29, 1.82) is 0 Å². The third-order valence-electron chi connectivity index (χ3n) is 5.38. The second kappa shape index (κ2) is 12.0. The minimum atomic E-state index is 0.702. The Morgan fingerprint density at radius 2 is 1.82 bits per heavy atom. The number of hydrazone groups is 1. The zero-order valence-electron chi connectivity index (χ0n) is 20.8. The predicted octanol–water partition coefficient (Wildman–Crippen LogP) is 5.24. The molecule has 0 amide bonds. The van der Waals surface area contributed by atoms with Crippen LogP contribution in [-0.4, -0.2) is 47.4 Å². The SMILES string of the molecule is C=NNC(/C=C(\C)c1cn2ccnc2c(Nc2ccc(N3CCOCC3)cc2)n1)=C(C)C.CC. The lowest BCUT2D eigenvalue weighted by Crippen LogP contribution is -2.36. The number of nitrogens with one attached hydrogen (secondary N) is 2. The molecule has 8 nitrogen and oxygen atoms in total. The van der Waals surface area contributed by atoms with Crippen molar-refractivity contribution in [2.75, 3.05) is 36.5 Å². The first kappa shape index (κ1) is 25.0. The molecule has 0 unspecified atom stereocenters. The minimum absolute atomic E-state index is 0.702. The van der Waals surface area contributed by atoms with Crippen LogP contribution in [0.2, 0.25) is 0 Å². The number of benzene rings is 1. The molecule has 1 aromatic carbocycles. The van der Waals surface area contributed by atoms with E-state index < -0.39 is 0 Å². The van der Waals surface area contributed by atoms with E-state index in [1.165, 1.54) is 5.69 Å². The Hall–Kier alpha value is -3.65. The lowest BCUT2D eigenvalue weighted by molar-refractivity contribution is 0.122. The molecule has 0 atom stereocenters. The van der Waals surface area contributed by atoms with Gasteiger partial charge >= 0.3 is 0 Å². The van der Waals surface area contributed by atoms with Gasteiger partial charge in [0.1, 0.15) is 0 Å². The molecule has 0 saturated carbocycles. The average Bonchev–Trinajstić information content (AvgIpc) is 3.35. The van der Waals surface area contributed by atoms with Crippen LogP contribution in [-0.2, 0) is 4.74 Å². The zero-order valence-corrected chi connectivity index (χ0v) is 20.8. The van der Waals surface area contributed by atoms with E-state index in [4.69, 9.17) is 9.72 Å². The topological polar surface area (TPSA) is 79.1 Å². The van der Waals surface area contributed by atoms with E-state index in [-0.39, 0.29) is 0 Å². The molecular weight excluding hydrogens is 426 g/mol. The normalized spacial score (nSPS) is 13.7. The van der Waals surface area contributed by atoms with E-state index in [1.807, 2.05) is 57.5 Å². The van der Waals surface area contributed by atoms with Gasteiger partial charge in [0.25, 0.3) is 0 Å². The van der Waals surface area contributed by atoms with Gasteiger partial charge in [0.05, 0.1) is 24.6 Å². The maximum atomic E-state index is 5.45. The summed E-state index contributed by atoms with van der Waals surface area (Å²) in [6.07, 6.45) is 7.70. The van der Waals surface area contributed by atoms with Gasteiger partial charge in [0.2, 0.25) is 0 Å². The predicted molar refractivity (Wildman–Crippen MR) is 142 cm³/mol. The molecule has 1 aliphatic heterocycles. The monoisotopic (exact) mass is 461 g/mol. The van der Waals surface area contributed by atoms with Crippen molar-refractivity contribution in [3.63, 3.8) is 0 Å². The Kier molecular flexibility index (Phi) is 8.81. The van der Waals surface area contributed by atoms with Crippen molar-refractivity contribution in [3.05, 3.63) is 65.9 Å². The Labute approximate surface area is 202 Å². The van der Waals surface area contributed by atoms with E-state index in [2.05, 4.69) is 56.7 Å². The molecule has 1 saturated heterocycles. The molecule has 8 heteroatoms. The number of morpholine rings is 1. The fraction of sp³-hybridized carbons (Fsp3) is 0.346. The number of nitrogens with zero attached hydrogens (tertiary/aromatic N) is 5. The van der Waals surface area contributed by atoms with Gasteiger partial charge in [-0.3, -0.25) is 5.43 Å². The van der Waals surface area contributed by atoms with Crippen molar-refractivity contribution >= 4 is 35.1 Å². The Bertz CT molecular complexity index is 1150. The van der Waals surface area contributed by atoms with Crippen molar-refractivity contribution in [2.24, 2.45) is 5.10 Å². The number of aromatic nitrogens is 3. The smallest absolute Gasteiger partial charge is 0.180 e. The molecule has 4 rings (SSSR count). The van der Waals surface area contributed by atoms with Crippen LogP contribution in [0.1, 0.15) is 40.3 Å². The van der Waals surface area contributed by atoms with Gasteiger partial charge in [-0.2, -0.15) is 5.10 Å². The fourth-order valence-corrected chi connectivity index (χ4v) is 3.58. The lowest BCUT2D eigenvalue weighted by Gasteiger charge is -2.28. The third kappa shape index (κ3) is 6.02. The highest BCUT2D eigenvalue weighted by Crippen LogP contribution is 2.25. The van der Waals surface area contributed by atoms with E-state index in [1.54, 1.807) is 6.20 Å². The summed E-state index contributed by atoms with van der Waals surface area (Å²) in [5.41, 5.74) is 9.72. The van der Waals surface area contributed by atoms with E-state index in [0.717, 1.165) is 60.2 Å². The van der Waals surface area contributed by atoms with Crippen LogP contribution in [0.15, 0.2) is 65.3 Å². The number of hydrogen-bond acceptors (Lipinski definition) is 7. The minimum Gasteiger partial charge on any atom is -0.378 e. The van der Waals surface area contributed by atoms with Crippen LogP contribution in [0.3, 0.4) is 0 Å². The van der Waals surface area contributed by atoms with Gasteiger partial charge in [-0.15, -0.1) is 0 Å². The van der Waals surface area contributed by atoms with Crippen molar-refractivity contribution in [3.8, 4) is 0 Å². The largest absolute Gasteiger partial charge is 0.378 e. The average molecular weight is 462 g/mol. The second-order valence-corrected chi connectivity index (χ2v) is 7.92. The highest BCUT2D eigenvalue weighted by molar-refractivity contribution is 5.74. The molecule has 0 radical (unpaired) electrons. The van der Waals surface area contributed by atoms with Gasteiger partial charge in [-0.05, 0) is 56.7 Å². The summed E-state index contributed by atoms with van der Waals surface area (Å²) in [4.78, 5) is 11.7. The van der Waals surface area contributed by atoms with Crippen LogP contribution in [0.4, 0.5) is 17.2 Å². The first-order chi connectivity index (χ1) is 16.5. The van der Waals surface area contributed by atoms with E-state index in [0.29, 0.717) is 5.82 Å². The number of hydrogen-bond donors (Lipinski definition) is 2. The first-order valence-corrected chi connectivity index (χ1v) is 11.7. The van der Waals surface area contributed by atoms with Gasteiger partial charge in [-0.25, -0.2) is 9.97 Å². The maximum Gasteiger partial charge on any atom is 0.180 e. The number of anilines is 3. The Morgan fingerprint density at radius 3 is 2.47 bits per heavy atom. The molecular formula is C26H35N7O. The molecule has 2 N–H and O–H groups in total. The first-order valence-electron chi connectivity index (χ1n) is 11.7. The number of allylic oxidation sites excluding steroid dienone is 3. The highest BCUT2D eigenvalue weighted by Gasteiger charge is 2.13. The zero-order chi connectivity index (χ0) is 24.5. The molecule has 1 fully saturated rings. The van der Waals surface area contributed by atoms with Gasteiger partial charge < -0.3 is 19.4 Å². The van der Waals surface area contributed by atoms with E-state index in [9.17, 15) is 0 Å². The van der Waals surface area contributed by atoms with Gasteiger partial charge in [0, 0.05) is 49.8 Å².